The van der Waals surface area contributed by atoms with E-state index in [0.29, 0.717) is 6.42 Å². The van der Waals surface area contributed by atoms with E-state index < -0.39 is 0 Å². The van der Waals surface area contributed by atoms with Crippen molar-refractivity contribution in [2.75, 3.05) is 27.2 Å². The van der Waals surface area contributed by atoms with Crippen molar-refractivity contribution < 1.29 is 4.79 Å². The van der Waals surface area contributed by atoms with Gasteiger partial charge in [0.05, 0.1) is 0 Å². The van der Waals surface area contributed by atoms with Gasteiger partial charge in [0.25, 0.3) is 0 Å². The first kappa shape index (κ1) is 16.4. The highest BCUT2D eigenvalue weighted by molar-refractivity contribution is 5.76. The molecule has 0 saturated carbocycles. The van der Waals surface area contributed by atoms with Crippen molar-refractivity contribution in [1.82, 2.24) is 10.2 Å². The number of unbranched alkanes of at least 4 members (excludes halogenated alkanes) is 1. The second-order valence-corrected chi connectivity index (χ2v) is 6.04. The number of hydrogen-bond donors (Lipinski definition) is 2. The first-order chi connectivity index (χ1) is 7.73. The molecular formula is C13H29N3O. The largest absolute Gasteiger partial charge is 0.356 e. The maximum absolute atomic E-state index is 11.6. The molecule has 0 aromatic heterocycles. The molecule has 4 nitrogen and oxygen atoms in total. The lowest BCUT2D eigenvalue weighted by atomic mass is 9.85. The van der Waals surface area contributed by atoms with E-state index in [1.165, 1.54) is 0 Å². The standard InChI is InChI=1S/C13H29N3O/c1-13(2,3)11(14)10-12(17)15-8-6-7-9-16(4)5/h11H,6-10,14H2,1-5H3,(H,15,17). The van der Waals surface area contributed by atoms with Gasteiger partial charge in [-0.05, 0) is 38.9 Å². The zero-order valence-corrected chi connectivity index (χ0v) is 12.0. The predicted molar refractivity (Wildman–Crippen MR) is 72.8 cm³/mol. The van der Waals surface area contributed by atoms with Crippen LogP contribution in [-0.2, 0) is 4.79 Å². The summed E-state index contributed by atoms with van der Waals surface area (Å²) < 4.78 is 0. The Morgan fingerprint density at radius 1 is 1.29 bits per heavy atom. The van der Waals surface area contributed by atoms with Crippen molar-refractivity contribution in [3.05, 3.63) is 0 Å². The number of nitrogens with two attached hydrogens (primary N) is 1. The summed E-state index contributed by atoms with van der Waals surface area (Å²) in [7, 11) is 4.11. The summed E-state index contributed by atoms with van der Waals surface area (Å²) in [6, 6.07) is -0.0794. The van der Waals surface area contributed by atoms with E-state index in [-0.39, 0.29) is 17.4 Å². The Kier molecular flexibility index (Phi) is 7.39. The van der Waals surface area contributed by atoms with Crippen LogP contribution in [0, 0.1) is 5.41 Å². The Hall–Kier alpha value is -0.610. The van der Waals surface area contributed by atoms with Gasteiger partial charge in [0, 0.05) is 19.0 Å². The first-order valence-corrected chi connectivity index (χ1v) is 6.40. The van der Waals surface area contributed by atoms with Gasteiger partial charge in [-0.3, -0.25) is 4.79 Å². The second kappa shape index (κ2) is 7.67. The van der Waals surface area contributed by atoms with Gasteiger partial charge in [-0.25, -0.2) is 0 Å². The lowest BCUT2D eigenvalue weighted by Gasteiger charge is -2.26. The van der Waals surface area contributed by atoms with Gasteiger partial charge < -0.3 is 16.0 Å². The molecule has 102 valence electrons. The highest BCUT2D eigenvalue weighted by atomic mass is 16.1. The van der Waals surface area contributed by atoms with Crippen LogP contribution in [0.5, 0.6) is 0 Å². The number of nitrogens with zero attached hydrogens (tertiary/aromatic N) is 1. The van der Waals surface area contributed by atoms with Crippen molar-refractivity contribution in [1.29, 1.82) is 0 Å². The summed E-state index contributed by atoms with van der Waals surface area (Å²) in [5, 5.41) is 2.92. The first-order valence-electron chi connectivity index (χ1n) is 6.40. The highest BCUT2D eigenvalue weighted by Crippen LogP contribution is 2.19. The number of carbonyl (C=O) groups excluding carboxylic acids is 1. The molecule has 0 saturated heterocycles. The Balaban J connectivity index is 3.60. The van der Waals surface area contributed by atoms with Gasteiger partial charge in [-0.2, -0.15) is 0 Å². The summed E-state index contributed by atoms with van der Waals surface area (Å²) in [4.78, 5) is 13.7. The summed E-state index contributed by atoms with van der Waals surface area (Å²) in [6.45, 7) is 7.99. The molecule has 1 amide bonds. The molecule has 0 aromatic rings. The van der Waals surface area contributed by atoms with Gasteiger partial charge >= 0.3 is 0 Å². The van der Waals surface area contributed by atoms with Crippen molar-refractivity contribution in [3.8, 4) is 0 Å². The molecule has 0 aliphatic carbocycles. The number of nitrogens with one attached hydrogen (secondary N) is 1. The topological polar surface area (TPSA) is 58.4 Å². The smallest absolute Gasteiger partial charge is 0.221 e. The lowest BCUT2D eigenvalue weighted by Crippen LogP contribution is -2.40. The highest BCUT2D eigenvalue weighted by Gasteiger charge is 2.22. The SMILES string of the molecule is CN(C)CCCCNC(=O)CC(N)C(C)(C)C. The summed E-state index contributed by atoms with van der Waals surface area (Å²) in [5.74, 6) is 0.0669. The Morgan fingerprint density at radius 3 is 2.35 bits per heavy atom. The second-order valence-electron chi connectivity index (χ2n) is 6.04. The molecule has 0 radical (unpaired) electrons. The molecule has 0 bridgehead atoms. The molecule has 17 heavy (non-hydrogen) atoms. The van der Waals surface area contributed by atoms with Gasteiger partial charge in [0.1, 0.15) is 0 Å². The fourth-order valence-electron chi connectivity index (χ4n) is 1.36. The molecule has 0 heterocycles. The molecule has 0 spiro atoms. The molecule has 3 N–H and O–H groups in total. The minimum atomic E-state index is -0.0794. The molecule has 0 aromatic carbocycles. The van der Waals surface area contributed by atoms with E-state index in [1.807, 2.05) is 0 Å². The van der Waals surface area contributed by atoms with Gasteiger partial charge in [-0.15, -0.1) is 0 Å². The summed E-state index contributed by atoms with van der Waals surface area (Å²) >= 11 is 0. The summed E-state index contributed by atoms with van der Waals surface area (Å²) in [6.07, 6.45) is 2.55. The van der Waals surface area contributed by atoms with Crippen LogP contribution in [0.25, 0.3) is 0 Å². The Morgan fingerprint density at radius 2 is 1.88 bits per heavy atom. The van der Waals surface area contributed by atoms with E-state index in [0.717, 1.165) is 25.9 Å². The number of rotatable bonds is 7. The molecular weight excluding hydrogens is 214 g/mol. The van der Waals surface area contributed by atoms with Gasteiger partial charge in [-0.1, -0.05) is 20.8 Å². The molecule has 0 fully saturated rings. The lowest BCUT2D eigenvalue weighted by molar-refractivity contribution is -0.121. The van der Waals surface area contributed by atoms with E-state index in [1.54, 1.807) is 0 Å². The maximum atomic E-state index is 11.6. The number of carbonyl (C=O) groups is 1. The van der Waals surface area contributed by atoms with E-state index >= 15 is 0 Å². The zero-order valence-electron chi connectivity index (χ0n) is 12.0. The van der Waals surface area contributed by atoms with Crippen LogP contribution < -0.4 is 11.1 Å². The maximum Gasteiger partial charge on any atom is 0.221 e. The molecule has 0 aliphatic rings. The molecule has 4 heteroatoms. The number of hydrogen-bond acceptors (Lipinski definition) is 3. The van der Waals surface area contributed by atoms with Gasteiger partial charge in [0.2, 0.25) is 5.91 Å². The third-order valence-electron chi connectivity index (χ3n) is 2.87. The molecule has 1 atom stereocenters. The van der Waals surface area contributed by atoms with Crippen molar-refractivity contribution in [3.63, 3.8) is 0 Å². The van der Waals surface area contributed by atoms with Crippen LogP contribution in [0.4, 0.5) is 0 Å². The van der Waals surface area contributed by atoms with Crippen LogP contribution >= 0.6 is 0 Å². The molecule has 0 aliphatic heterocycles. The fraction of sp³-hybridized carbons (Fsp3) is 0.923. The molecule has 1 unspecified atom stereocenters. The number of amides is 1. The third-order valence-corrected chi connectivity index (χ3v) is 2.87. The summed E-state index contributed by atoms with van der Waals surface area (Å²) in [5.41, 5.74) is 5.94. The minimum absolute atomic E-state index is 0.0116. The van der Waals surface area contributed by atoms with Crippen LogP contribution in [0.2, 0.25) is 0 Å². The van der Waals surface area contributed by atoms with Crippen LogP contribution in [0.3, 0.4) is 0 Å². The van der Waals surface area contributed by atoms with Crippen molar-refractivity contribution >= 4 is 5.91 Å². The minimum Gasteiger partial charge on any atom is -0.356 e. The quantitative estimate of drug-likeness (QED) is 0.661. The Labute approximate surface area is 106 Å². The van der Waals surface area contributed by atoms with E-state index in [4.69, 9.17) is 5.73 Å². The fourth-order valence-corrected chi connectivity index (χ4v) is 1.36. The van der Waals surface area contributed by atoms with E-state index in [9.17, 15) is 4.79 Å². The zero-order chi connectivity index (χ0) is 13.5. The average Bonchev–Trinajstić information content (AvgIpc) is 2.15. The van der Waals surface area contributed by atoms with Crippen molar-refractivity contribution in [2.45, 2.75) is 46.1 Å². The van der Waals surface area contributed by atoms with Crippen LogP contribution in [-0.4, -0.2) is 44.0 Å². The monoisotopic (exact) mass is 243 g/mol. The predicted octanol–water partition coefficient (Wildman–Crippen LogP) is 1.21. The normalized spacial score (nSPS) is 13.8. The van der Waals surface area contributed by atoms with Gasteiger partial charge in [0.15, 0.2) is 0 Å². The average molecular weight is 243 g/mol. The molecule has 0 rings (SSSR count). The van der Waals surface area contributed by atoms with E-state index in [2.05, 4.69) is 45.1 Å². The Bertz CT molecular complexity index is 221. The van der Waals surface area contributed by atoms with Crippen LogP contribution in [0.15, 0.2) is 0 Å². The van der Waals surface area contributed by atoms with Crippen molar-refractivity contribution in [2.24, 2.45) is 11.1 Å². The van der Waals surface area contributed by atoms with Crippen LogP contribution in [0.1, 0.15) is 40.0 Å². The third kappa shape index (κ3) is 9.12.